The summed E-state index contributed by atoms with van der Waals surface area (Å²) >= 11 is 0. The predicted molar refractivity (Wildman–Crippen MR) is 132 cm³/mol. The van der Waals surface area contributed by atoms with Crippen molar-refractivity contribution in [1.82, 2.24) is 14.8 Å². The second-order valence-corrected chi connectivity index (χ2v) is 9.56. The summed E-state index contributed by atoms with van der Waals surface area (Å²) < 4.78 is 12.7. The molecule has 1 aliphatic heterocycles. The standard InChI is InChI=1S/C26H32N4O5/c1-16(2)10-11-27-25(33)26(4)15-29-21-9-8-18(34-5)13-20(21)22(28-17(3)31)23(29)24(32)30(26)14-19-7-6-12-35-19/h6-9,12-13,16H,10-11,14-15H2,1-5H3,(H,27,33)(H,28,31)/t26-/m1/s1. The largest absolute Gasteiger partial charge is 0.497 e. The maximum absolute atomic E-state index is 14.1. The van der Waals surface area contributed by atoms with Gasteiger partial charge in [-0.15, -0.1) is 0 Å². The van der Waals surface area contributed by atoms with Crippen molar-refractivity contribution in [3.63, 3.8) is 0 Å². The van der Waals surface area contributed by atoms with Crippen LogP contribution in [0.4, 0.5) is 5.69 Å². The zero-order chi connectivity index (χ0) is 25.3. The Morgan fingerprint density at radius 1 is 1.26 bits per heavy atom. The van der Waals surface area contributed by atoms with Gasteiger partial charge in [-0.05, 0) is 49.6 Å². The number of furan rings is 1. The summed E-state index contributed by atoms with van der Waals surface area (Å²) in [6, 6.07) is 8.95. The minimum absolute atomic E-state index is 0.115. The molecule has 0 bridgehead atoms. The molecular formula is C26H32N4O5. The van der Waals surface area contributed by atoms with Crippen molar-refractivity contribution in [1.29, 1.82) is 0 Å². The molecule has 9 nitrogen and oxygen atoms in total. The Kier molecular flexibility index (Phi) is 6.60. The maximum atomic E-state index is 14.1. The highest BCUT2D eigenvalue weighted by Gasteiger charge is 2.49. The van der Waals surface area contributed by atoms with Crippen LogP contribution in [0.2, 0.25) is 0 Å². The molecule has 0 aliphatic carbocycles. The van der Waals surface area contributed by atoms with Gasteiger partial charge in [-0.25, -0.2) is 0 Å². The summed E-state index contributed by atoms with van der Waals surface area (Å²) in [6.07, 6.45) is 2.37. The van der Waals surface area contributed by atoms with Gasteiger partial charge >= 0.3 is 0 Å². The summed E-state index contributed by atoms with van der Waals surface area (Å²) in [5.41, 5.74) is 0.273. The van der Waals surface area contributed by atoms with E-state index in [0.717, 1.165) is 11.9 Å². The molecule has 2 aromatic heterocycles. The van der Waals surface area contributed by atoms with Gasteiger partial charge in [-0.2, -0.15) is 0 Å². The first-order valence-electron chi connectivity index (χ1n) is 11.8. The molecule has 1 atom stereocenters. The highest BCUT2D eigenvalue weighted by atomic mass is 16.5. The van der Waals surface area contributed by atoms with Crippen molar-refractivity contribution in [3.05, 3.63) is 48.0 Å². The van der Waals surface area contributed by atoms with E-state index < -0.39 is 5.54 Å². The number of nitrogens with zero attached hydrogens (tertiary/aromatic N) is 2. The molecule has 1 aromatic carbocycles. The summed E-state index contributed by atoms with van der Waals surface area (Å²) in [7, 11) is 1.56. The highest BCUT2D eigenvalue weighted by Crippen LogP contribution is 2.40. The number of benzene rings is 1. The van der Waals surface area contributed by atoms with E-state index >= 15 is 0 Å². The van der Waals surface area contributed by atoms with E-state index in [1.807, 2.05) is 10.6 Å². The molecule has 35 heavy (non-hydrogen) atoms. The van der Waals surface area contributed by atoms with Gasteiger partial charge in [0.1, 0.15) is 22.7 Å². The van der Waals surface area contributed by atoms with Gasteiger partial charge in [0.15, 0.2) is 0 Å². The first kappa shape index (κ1) is 24.4. The van der Waals surface area contributed by atoms with E-state index in [1.165, 1.54) is 18.1 Å². The monoisotopic (exact) mass is 480 g/mol. The van der Waals surface area contributed by atoms with E-state index in [9.17, 15) is 14.4 Å². The fraction of sp³-hybridized carbons (Fsp3) is 0.423. The molecule has 186 valence electrons. The molecule has 0 saturated heterocycles. The predicted octanol–water partition coefficient (Wildman–Crippen LogP) is 3.78. The number of anilines is 1. The normalized spacial score (nSPS) is 17.5. The first-order valence-corrected chi connectivity index (χ1v) is 11.8. The van der Waals surface area contributed by atoms with Gasteiger partial charge in [-0.1, -0.05) is 13.8 Å². The van der Waals surface area contributed by atoms with E-state index in [0.29, 0.717) is 40.7 Å². The second kappa shape index (κ2) is 9.48. The molecule has 0 fully saturated rings. The fourth-order valence-corrected chi connectivity index (χ4v) is 4.56. The molecule has 0 saturated carbocycles. The number of amides is 3. The van der Waals surface area contributed by atoms with E-state index in [1.54, 1.807) is 38.3 Å². The maximum Gasteiger partial charge on any atom is 0.274 e. The van der Waals surface area contributed by atoms with Crippen molar-refractivity contribution in [3.8, 4) is 5.75 Å². The minimum atomic E-state index is -1.19. The Labute approximate surface area is 204 Å². The zero-order valence-electron chi connectivity index (χ0n) is 20.8. The third-order valence-electron chi connectivity index (χ3n) is 6.47. The number of fused-ring (bicyclic) bond motifs is 3. The number of methoxy groups -OCH3 is 1. The number of hydrogen-bond acceptors (Lipinski definition) is 5. The van der Waals surface area contributed by atoms with Crippen LogP contribution in [0, 0.1) is 5.92 Å². The van der Waals surface area contributed by atoms with Crippen molar-refractivity contribution in [2.75, 3.05) is 19.0 Å². The lowest BCUT2D eigenvalue weighted by atomic mass is 9.94. The lowest BCUT2D eigenvalue weighted by Gasteiger charge is -2.44. The third kappa shape index (κ3) is 4.50. The highest BCUT2D eigenvalue weighted by molar-refractivity contribution is 6.14. The average Bonchev–Trinajstić information content (AvgIpc) is 3.42. The smallest absolute Gasteiger partial charge is 0.274 e. The number of aromatic nitrogens is 1. The summed E-state index contributed by atoms with van der Waals surface area (Å²) in [6.45, 7) is 8.21. The Balaban J connectivity index is 1.86. The van der Waals surface area contributed by atoms with Crippen molar-refractivity contribution >= 4 is 34.3 Å². The van der Waals surface area contributed by atoms with Gasteiger partial charge in [-0.3, -0.25) is 14.4 Å². The molecule has 0 unspecified atom stereocenters. The molecule has 9 heteroatoms. The van der Waals surface area contributed by atoms with Crippen LogP contribution in [0.15, 0.2) is 41.0 Å². The van der Waals surface area contributed by atoms with Crippen LogP contribution in [-0.4, -0.2) is 46.4 Å². The quantitative estimate of drug-likeness (QED) is 0.510. The topological polar surface area (TPSA) is 106 Å². The van der Waals surface area contributed by atoms with E-state index in [-0.39, 0.29) is 30.8 Å². The number of nitrogens with one attached hydrogen (secondary N) is 2. The van der Waals surface area contributed by atoms with Crippen LogP contribution in [0.3, 0.4) is 0 Å². The number of carbonyl (C=O) groups is 3. The van der Waals surface area contributed by atoms with Gasteiger partial charge in [0.05, 0.1) is 37.7 Å². The Morgan fingerprint density at radius 3 is 2.66 bits per heavy atom. The molecular weight excluding hydrogens is 448 g/mol. The number of rotatable bonds is 8. The fourth-order valence-electron chi connectivity index (χ4n) is 4.56. The average molecular weight is 481 g/mol. The molecule has 2 N–H and O–H groups in total. The van der Waals surface area contributed by atoms with Crippen LogP contribution in [0.5, 0.6) is 5.75 Å². The van der Waals surface area contributed by atoms with Crippen LogP contribution in [-0.2, 0) is 22.7 Å². The minimum Gasteiger partial charge on any atom is -0.497 e. The van der Waals surface area contributed by atoms with Gasteiger partial charge in [0.2, 0.25) is 11.8 Å². The molecule has 4 rings (SSSR count). The van der Waals surface area contributed by atoms with Gasteiger partial charge in [0.25, 0.3) is 5.91 Å². The first-order chi connectivity index (χ1) is 16.7. The van der Waals surface area contributed by atoms with Crippen LogP contribution >= 0.6 is 0 Å². The Hall–Kier alpha value is -3.75. The zero-order valence-corrected chi connectivity index (χ0v) is 20.8. The SMILES string of the molecule is COc1ccc2c(c1)c(NC(C)=O)c1n2C[C@](C)(C(=O)NCCC(C)C)N(Cc2ccco2)C1=O. The van der Waals surface area contributed by atoms with Crippen LogP contribution in [0.25, 0.3) is 10.9 Å². The molecule has 1 aliphatic rings. The molecule has 0 radical (unpaired) electrons. The van der Waals surface area contributed by atoms with Gasteiger partial charge < -0.3 is 29.3 Å². The van der Waals surface area contributed by atoms with Crippen LogP contribution < -0.4 is 15.4 Å². The van der Waals surface area contributed by atoms with E-state index in [2.05, 4.69) is 24.5 Å². The lowest BCUT2D eigenvalue weighted by Crippen LogP contribution is -2.63. The second-order valence-electron chi connectivity index (χ2n) is 9.56. The van der Waals surface area contributed by atoms with Crippen molar-refractivity contribution in [2.24, 2.45) is 5.92 Å². The van der Waals surface area contributed by atoms with Crippen molar-refractivity contribution in [2.45, 2.75) is 52.7 Å². The molecule has 3 amide bonds. The molecule has 0 spiro atoms. The number of ether oxygens (including phenoxy) is 1. The summed E-state index contributed by atoms with van der Waals surface area (Å²) in [5, 5.41) is 6.53. The van der Waals surface area contributed by atoms with Gasteiger partial charge in [0, 0.05) is 18.9 Å². The lowest BCUT2D eigenvalue weighted by molar-refractivity contribution is -0.133. The third-order valence-corrected chi connectivity index (χ3v) is 6.47. The van der Waals surface area contributed by atoms with E-state index in [4.69, 9.17) is 9.15 Å². The molecule has 3 heterocycles. The van der Waals surface area contributed by atoms with Crippen LogP contribution in [0.1, 0.15) is 50.4 Å². The Bertz CT molecular complexity index is 1260. The Morgan fingerprint density at radius 2 is 2.03 bits per heavy atom. The summed E-state index contributed by atoms with van der Waals surface area (Å²) in [4.78, 5) is 41.3. The number of hydrogen-bond donors (Lipinski definition) is 2. The number of carbonyl (C=O) groups excluding carboxylic acids is 3. The van der Waals surface area contributed by atoms with Crippen molar-refractivity contribution < 1.29 is 23.5 Å². The summed E-state index contributed by atoms with van der Waals surface area (Å²) in [5.74, 6) is 0.694. The molecule has 3 aromatic rings.